The van der Waals surface area contributed by atoms with E-state index in [1.54, 1.807) is 0 Å². The molecule has 0 radical (unpaired) electrons. The van der Waals surface area contributed by atoms with Crippen LogP contribution in [0, 0.1) is 5.92 Å². The second-order valence-corrected chi connectivity index (χ2v) is 5.87. The predicted molar refractivity (Wildman–Crippen MR) is 76.4 cm³/mol. The molecule has 0 spiro atoms. The molecule has 0 saturated carbocycles. The molecule has 1 aliphatic heterocycles. The Hall–Kier alpha value is -0.0800. The van der Waals surface area contributed by atoms with E-state index in [-0.39, 0.29) is 0 Å². The zero-order valence-electron chi connectivity index (χ0n) is 12.5. The molecule has 1 N–H and O–H groups in total. The first-order valence-electron chi connectivity index (χ1n) is 7.63. The minimum atomic E-state index is 0.718. The molecule has 1 rings (SSSR count). The van der Waals surface area contributed by atoms with Crippen LogP contribution < -0.4 is 5.32 Å². The van der Waals surface area contributed by atoms with Crippen LogP contribution in [0.15, 0.2) is 0 Å². The first-order chi connectivity index (χ1) is 8.13. The molecule has 1 saturated heterocycles. The third kappa shape index (κ3) is 3.96. The Bertz CT molecular complexity index is 199. The van der Waals surface area contributed by atoms with Crippen molar-refractivity contribution in [3.05, 3.63) is 0 Å². The van der Waals surface area contributed by atoms with E-state index < -0.39 is 0 Å². The number of hydrogen-bond acceptors (Lipinski definition) is 2. The summed E-state index contributed by atoms with van der Waals surface area (Å²) in [6, 6.07) is 2.23. The molecule has 0 amide bonds. The topological polar surface area (TPSA) is 15.3 Å². The normalized spacial score (nSPS) is 27.0. The molecular weight excluding hydrogens is 208 g/mol. The quantitative estimate of drug-likeness (QED) is 0.766. The van der Waals surface area contributed by atoms with E-state index in [4.69, 9.17) is 0 Å². The highest BCUT2D eigenvalue weighted by Crippen LogP contribution is 2.22. The lowest BCUT2D eigenvalue weighted by molar-refractivity contribution is 0.0498. The third-order valence-electron chi connectivity index (χ3n) is 4.29. The van der Waals surface area contributed by atoms with E-state index in [0.29, 0.717) is 0 Å². The molecule has 1 heterocycles. The standard InChI is InChI=1S/C15H32N2/c1-6-9-13-11-17(14(7-2)8-3)15(10-16-13)12(4)5/h12-16H,6-11H2,1-5H3. The van der Waals surface area contributed by atoms with Crippen LogP contribution in [0.2, 0.25) is 0 Å². The predicted octanol–water partition coefficient (Wildman–Crippen LogP) is 3.27. The average Bonchev–Trinajstić information content (AvgIpc) is 2.31. The summed E-state index contributed by atoms with van der Waals surface area (Å²) >= 11 is 0. The second-order valence-electron chi connectivity index (χ2n) is 5.87. The Labute approximate surface area is 108 Å². The van der Waals surface area contributed by atoms with Gasteiger partial charge >= 0.3 is 0 Å². The van der Waals surface area contributed by atoms with Crippen molar-refractivity contribution < 1.29 is 0 Å². The van der Waals surface area contributed by atoms with Crippen LogP contribution in [0.25, 0.3) is 0 Å². The van der Waals surface area contributed by atoms with E-state index in [1.165, 1.54) is 38.8 Å². The zero-order chi connectivity index (χ0) is 12.8. The smallest absolute Gasteiger partial charge is 0.0247 e. The molecule has 2 heteroatoms. The van der Waals surface area contributed by atoms with Crippen molar-refractivity contribution in [2.24, 2.45) is 5.92 Å². The van der Waals surface area contributed by atoms with Crippen molar-refractivity contribution in [3.8, 4) is 0 Å². The zero-order valence-corrected chi connectivity index (χ0v) is 12.5. The largest absolute Gasteiger partial charge is 0.311 e. The molecule has 1 fully saturated rings. The SMILES string of the molecule is CCCC1CN(C(CC)CC)C(C(C)C)CN1. The van der Waals surface area contributed by atoms with Crippen LogP contribution in [0.5, 0.6) is 0 Å². The lowest BCUT2D eigenvalue weighted by atomic mass is 9.94. The van der Waals surface area contributed by atoms with Gasteiger partial charge in [-0.1, -0.05) is 41.0 Å². The van der Waals surface area contributed by atoms with Crippen LogP contribution in [0.3, 0.4) is 0 Å². The highest BCUT2D eigenvalue weighted by Gasteiger charge is 2.32. The van der Waals surface area contributed by atoms with Gasteiger partial charge in [-0.2, -0.15) is 0 Å². The van der Waals surface area contributed by atoms with E-state index in [9.17, 15) is 0 Å². The maximum absolute atomic E-state index is 3.74. The van der Waals surface area contributed by atoms with Gasteiger partial charge in [0.1, 0.15) is 0 Å². The van der Waals surface area contributed by atoms with E-state index in [2.05, 4.69) is 44.8 Å². The van der Waals surface area contributed by atoms with Gasteiger partial charge in [-0.25, -0.2) is 0 Å². The first-order valence-corrected chi connectivity index (χ1v) is 7.63. The number of piperazine rings is 1. The minimum Gasteiger partial charge on any atom is -0.311 e. The van der Waals surface area contributed by atoms with Gasteiger partial charge in [0, 0.05) is 31.2 Å². The first kappa shape index (κ1) is 15.0. The molecule has 2 nitrogen and oxygen atoms in total. The Balaban J connectivity index is 2.68. The van der Waals surface area contributed by atoms with E-state index in [1.807, 2.05) is 0 Å². The second kappa shape index (κ2) is 7.38. The monoisotopic (exact) mass is 240 g/mol. The lowest BCUT2D eigenvalue weighted by Gasteiger charge is -2.46. The Morgan fingerprint density at radius 2 is 1.82 bits per heavy atom. The molecule has 102 valence electrons. The van der Waals surface area contributed by atoms with E-state index in [0.717, 1.165) is 24.0 Å². The number of hydrogen-bond donors (Lipinski definition) is 1. The Morgan fingerprint density at radius 1 is 1.18 bits per heavy atom. The van der Waals surface area contributed by atoms with Crippen LogP contribution >= 0.6 is 0 Å². The number of rotatable bonds is 6. The van der Waals surface area contributed by atoms with E-state index >= 15 is 0 Å². The fraction of sp³-hybridized carbons (Fsp3) is 1.00. The summed E-state index contributed by atoms with van der Waals surface area (Å²) in [4.78, 5) is 2.79. The molecule has 0 aromatic heterocycles. The van der Waals surface area contributed by atoms with Gasteiger partial charge in [-0.15, -0.1) is 0 Å². The van der Waals surface area contributed by atoms with Gasteiger partial charge in [-0.3, -0.25) is 4.90 Å². The van der Waals surface area contributed by atoms with Crippen LogP contribution in [-0.4, -0.2) is 36.1 Å². The molecule has 0 aromatic rings. The molecule has 0 aromatic carbocycles. The summed E-state index contributed by atoms with van der Waals surface area (Å²) in [5, 5.41) is 3.74. The maximum Gasteiger partial charge on any atom is 0.0247 e. The van der Waals surface area contributed by atoms with Gasteiger partial charge in [0.25, 0.3) is 0 Å². The summed E-state index contributed by atoms with van der Waals surface area (Å²) in [5.74, 6) is 0.755. The Kier molecular flexibility index (Phi) is 6.50. The highest BCUT2D eigenvalue weighted by atomic mass is 15.3. The van der Waals surface area contributed by atoms with Gasteiger partial charge in [0.05, 0.1) is 0 Å². The molecule has 2 atom stereocenters. The van der Waals surface area contributed by atoms with Gasteiger partial charge in [0.2, 0.25) is 0 Å². The van der Waals surface area contributed by atoms with Crippen molar-refractivity contribution in [1.29, 1.82) is 0 Å². The van der Waals surface area contributed by atoms with Crippen molar-refractivity contribution in [1.82, 2.24) is 10.2 Å². The molecule has 0 bridgehead atoms. The maximum atomic E-state index is 3.74. The average molecular weight is 240 g/mol. The van der Waals surface area contributed by atoms with Crippen LogP contribution in [0.1, 0.15) is 60.3 Å². The van der Waals surface area contributed by atoms with Crippen molar-refractivity contribution >= 4 is 0 Å². The fourth-order valence-electron chi connectivity index (χ4n) is 3.20. The van der Waals surface area contributed by atoms with Crippen molar-refractivity contribution in [2.45, 2.75) is 78.4 Å². The van der Waals surface area contributed by atoms with Gasteiger partial charge in [0.15, 0.2) is 0 Å². The highest BCUT2D eigenvalue weighted by molar-refractivity contribution is 4.90. The van der Waals surface area contributed by atoms with Crippen molar-refractivity contribution in [3.63, 3.8) is 0 Å². The van der Waals surface area contributed by atoms with Crippen LogP contribution in [0.4, 0.5) is 0 Å². The molecule has 0 aliphatic carbocycles. The number of nitrogens with one attached hydrogen (secondary N) is 1. The summed E-state index contributed by atoms with van der Waals surface area (Å²) in [6.45, 7) is 14.1. The summed E-state index contributed by atoms with van der Waals surface area (Å²) in [7, 11) is 0. The molecule has 2 unspecified atom stereocenters. The summed E-state index contributed by atoms with van der Waals surface area (Å²) in [5.41, 5.74) is 0. The van der Waals surface area contributed by atoms with Gasteiger partial charge in [-0.05, 0) is 25.2 Å². The number of nitrogens with zero attached hydrogens (tertiary/aromatic N) is 1. The lowest BCUT2D eigenvalue weighted by Crippen LogP contribution is -2.60. The third-order valence-corrected chi connectivity index (χ3v) is 4.29. The Morgan fingerprint density at radius 3 is 2.29 bits per heavy atom. The minimum absolute atomic E-state index is 0.718. The molecule has 1 aliphatic rings. The van der Waals surface area contributed by atoms with Gasteiger partial charge < -0.3 is 5.32 Å². The summed E-state index contributed by atoms with van der Waals surface area (Å²) < 4.78 is 0. The van der Waals surface area contributed by atoms with Crippen LogP contribution in [-0.2, 0) is 0 Å². The fourth-order valence-corrected chi connectivity index (χ4v) is 3.20. The van der Waals surface area contributed by atoms with Crippen molar-refractivity contribution in [2.75, 3.05) is 13.1 Å². The summed E-state index contributed by atoms with van der Waals surface area (Å²) in [6.07, 6.45) is 5.19. The molecular formula is C15H32N2. The molecule has 17 heavy (non-hydrogen) atoms.